The molecule has 0 aliphatic carbocycles. The molecule has 0 radical (unpaired) electrons. The number of piperidine rings is 1. The molecule has 1 aliphatic heterocycles. The molecule has 2 aromatic carbocycles. The maximum Gasteiger partial charge on any atom is 0.277 e. The molecule has 0 spiro atoms. The van der Waals surface area contributed by atoms with E-state index in [1.807, 2.05) is 4.90 Å². The molecule has 4 rings (SSSR count). The van der Waals surface area contributed by atoms with Crippen LogP contribution in [0, 0.1) is 0 Å². The first-order valence-electron chi connectivity index (χ1n) is 10.0. The zero-order valence-corrected chi connectivity index (χ0v) is 18.3. The van der Waals surface area contributed by atoms with E-state index in [0.29, 0.717) is 22.2 Å². The topological polar surface area (TPSA) is 88.3 Å². The Bertz CT molecular complexity index is 1060. The largest absolute Gasteiger partial charge is 0.411 e. The third-order valence-electron chi connectivity index (χ3n) is 4.90. The summed E-state index contributed by atoms with van der Waals surface area (Å²) in [7, 11) is 0. The zero-order valence-electron chi connectivity index (χ0n) is 16.7. The van der Waals surface area contributed by atoms with Crippen LogP contribution in [-0.2, 0) is 4.79 Å². The fraction of sp³-hybridized carbons (Fsp3) is 0.273. The van der Waals surface area contributed by atoms with Crippen molar-refractivity contribution in [3.63, 3.8) is 0 Å². The molecule has 3 aromatic rings. The van der Waals surface area contributed by atoms with Crippen LogP contribution in [-0.4, -0.2) is 45.8 Å². The van der Waals surface area contributed by atoms with Crippen molar-refractivity contribution in [2.45, 2.75) is 24.5 Å². The lowest BCUT2D eigenvalue weighted by atomic mass is 10.1. The van der Waals surface area contributed by atoms with Crippen LogP contribution in [0.25, 0.3) is 11.5 Å². The maximum absolute atomic E-state index is 12.9. The Labute approximate surface area is 189 Å². The average molecular weight is 457 g/mol. The van der Waals surface area contributed by atoms with Crippen LogP contribution < -0.4 is 5.32 Å². The van der Waals surface area contributed by atoms with E-state index in [0.717, 1.165) is 49.7 Å². The van der Waals surface area contributed by atoms with E-state index < -0.39 is 0 Å². The highest BCUT2D eigenvalue weighted by atomic mass is 35.5. The number of rotatable bonds is 6. The van der Waals surface area contributed by atoms with Crippen molar-refractivity contribution in [1.82, 2.24) is 15.1 Å². The maximum atomic E-state index is 12.9. The Morgan fingerprint density at radius 2 is 1.77 bits per heavy atom. The molecule has 2 amide bonds. The molecule has 9 heteroatoms. The van der Waals surface area contributed by atoms with E-state index in [9.17, 15) is 9.59 Å². The molecule has 1 aliphatic rings. The van der Waals surface area contributed by atoms with Gasteiger partial charge in [-0.2, -0.15) is 0 Å². The van der Waals surface area contributed by atoms with Gasteiger partial charge >= 0.3 is 0 Å². The summed E-state index contributed by atoms with van der Waals surface area (Å²) in [6.07, 6.45) is 3.17. The molecular formula is C22H21ClN4O3S. The van der Waals surface area contributed by atoms with Crippen molar-refractivity contribution in [1.29, 1.82) is 0 Å². The van der Waals surface area contributed by atoms with Gasteiger partial charge in [-0.3, -0.25) is 9.59 Å². The van der Waals surface area contributed by atoms with Crippen molar-refractivity contribution in [2.24, 2.45) is 0 Å². The number of carbonyl (C=O) groups excluding carboxylic acids is 2. The monoisotopic (exact) mass is 456 g/mol. The van der Waals surface area contributed by atoms with E-state index in [2.05, 4.69) is 15.5 Å². The summed E-state index contributed by atoms with van der Waals surface area (Å²) in [4.78, 5) is 27.2. The number of hydrogen-bond acceptors (Lipinski definition) is 6. The summed E-state index contributed by atoms with van der Waals surface area (Å²) in [6.45, 7) is 1.51. The van der Waals surface area contributed by atoms with Gasteiger partial charge in [0.25, 0.3) is 11.1 Å². The van der Waals surface area contributed by atoms with Gasteiger partial charge in [0.1, 0.15) is 0 Å². The van der Waals surface area contributed by atoms with Gasteiger partial charge in [-0.15, -0.1) is 10.2 Å². The number of nitrogens with zero attached hydrogens (tertiary/aromatic N) is 3. The summed E-state index contributed by atoms with van der Waals surface area (Å²) < 4.78 is 5.61. The van der Waals surface area contributed by atoms with Gasteiger partial charge < -0.3 is 14.6 Å². The average Bonchev–Trinajstić information content (AvgIpc) is 3.28. The molecule has 7 nitrogen and oxygen atoms in total. The van der Waals surface area contributed by atoms with E-state index in [1.165, 1.54) is 0 Å². The van der Waals surface area contributed by atoms with Crippen molar-refractivity contribution >= 4 is 40.9 Å². The van der Waals surface area contributed by atoms with Gasteiger partial charge in [0.15, 0.2) is 0 Å². The van der Waals surface area contributed by atoms with Crippen LogP contribution in [0.3, 0.4) is 0 Å². The second-order valence-electron chi connectivity index (χ2n) is 7.12. The number of nitrogens with one attached hydrogen (secondary N) is 1. The molecule has 0 saturated carbocycles. The van der Waals surface area contributed by atoms with E-state index in [4.69, 9.17) is 16.0 Å². The molecule has 1 N–H and O–H groups in total. The molecule has 0 bridgehead atoms. The minimum atomic E-state index is -0.255. The second-order valence-corrected chi connectivity index (χ2v) is 8.48. The fourth-order valence-electron chi connectivity index (χ4n) is 3.34. The van der Waals surface area contributed by atoms with Crippen LogP contribution in [0.4, 0.5) is 5.69 Å². The zero-order chi connectivity index (χ0) is 21.6. The van der Waals surface area contributed by atoms with E-state index in [-0.39, 0.29) is 22.8 Å². The molecule has 0 atom stereocenters. The lowest BCUT2D eigenvalue weighted by Crippen LogP contribution is -2.36. The summed E-state index contributed by atoms with van der Waals surface area (Å²) in [5, 5.41) is 11.7. The molecule has 2 heterocycles. The quantitative estimate of drug-likeness (QED) is 0.538. The number of aromatic nitrogens is 2. The summed E-state index contributed by atoms with van der Waals surface area (Å²) in [5.74, 6) is 0.133. The highest BCUT2D eigenvalue weighted by Crippen LogP contribution is 2.25. The first kappa shape index (κ1) is 21.4. The van der Waals surface area contributed by atoms with Crippen molar-refractivity contribution in [3.05, 3.63) is 59.1 Å². The first-order chi connectivity index (χ1) is 15.1. The molecule has 0 unspecified atom stereocenters. The predicted molar refractivity (Wildman–Crippen MR) is 120 cm³/mol. The normalized spacial score (nSPS) is 13.8. The molecule has 160 valence electrons. The Hall–Kier alpha value is -2.84. The number of halogens is 1. The van der Waals surface area contributed by atoms with E-state index >= 15 is 0 Å². The number of hydrogen-bond donors (Lipinski definition) is 1. The number of carbonyl (C=O) groups is 2. The summed E-state index contributed by atoms with van der Waals surface area (Å²) in [6, 6.07) is 14.1. The number of para-hydroxylation sites is 1. The van der Waals surface area contributed by atoms with Gasteiger partial charge in [-0.25, -0.2) is 0 Å². The van der Waals surface area contributed by atoms with Crippen LogP contribution in [0.2, 0.25) is 5.02 Å². The molecule has 1 saturated heterocycles. The van der Waals surface area contributed by atoms with E-state index in [1.54, 1.807) is 48.5 Å². The van der Waals surface area contributed by atoms with Crippen molar-refractivity contribution < 1.29 is 14.0 Å². The first-order valence-corrected chi connectivity index (χ1v) is 11.4. The molecule has 31 heavy (non-hydrogen) atoms. The van der Waals surface area contributed by atoms with Crippen LogP contribution in [0.15, 0.2) is 58.2 Å². The number of anilines is 1. The van der Waals surface area contributed by atoms with Gasteiger partial charge in [0, 0.05) is 23.7 Å². The number of likely N-dealkylation sites (tertiary alicyclic amines) is 1. The van der Waals surface area contributed by atoms with Crippen LogP contribution >= 0.6 is 23.4 Å². The molecular weight excluding hydrogens is 436 g/mol. The Morgan fingerprint density at radius 3 is 2.55 bits per heavy atom. The highest BCUT2D eigenvalue weighted by Gasteiger charge is 2.21. The summed E-state index contributed by atoms with van der Waals surface area (Å²) in [5.41, 5.74) is 1.76. The highest BCUT2D eigenvalue weighted by molar-refractivity contribution is 7.99. The Morgan fingerprint density at radius 1 is 1.03 bits per heavy atom. The minimum absolute atomic E-state index is 0.0484. The smallest absolute Gasteiger partial charge is 0.277 e. The van der Waals surface area contributed by atoms with Gasteiger partial charge in [-0.05, 0) is 55.7 Å². The lowest BCUT2D eigenvalue weighted by Gasteiger charge is -2.27. The third kappa shape index (κ3) is 5.45. The van der Waals surface area contributed by atoms with Crippen molar-refractivity contribution in [3.8, 4) is 11.5 Å². The van der Waals surface area contributed by atoms with Gasteiger partial charge in [-0.1, -0.05) is 35.5 Å². The number of amides is 2. The Kier molecular flexibility index (Phi) is 6.89. The minimum Gasteiger partial charge on any atom is -0.411 e. The number of thioether (sulfide) groups is 1. The standard InChI is InChI=1S/C22H21ClN4O3S/c23-16-10-8-15(9-11-16)20-25-26-22(30-20)31-14-19(28)24-18-7-3-2-6-17(18)21(29)27-12-4-1-5-13-27/h2-3,6-11H,1,4-5,12-14H2,(H,24,28). The summed E-state index contributed by atoms with van der Waals surface area (Å²) >= 11 is 7.03. The predicted octanol–water partition coefficient (Wildman–Crippen LogP) is 4.75. The fourth-order valence-corrected chi connectivity index (χ4v) is 4.03. The van der Waals surface area contributed by atoms with Gasteiger partial charge in [0.05, 0.1) is 17.0 Å². The van der Waals surface area contributed by atoms with Gasteiger partial charge in [0.2, 0.25) is 11.8 Å². The molecule has 1 fully saturated rings. The second kappa shape index (κ2) is 9.98. The molecule has 1 aromatic heterocycles. The number of benzene rings is 2. The lowest BCUT2D eigenvalue weighted by molar-refractivity contribution is -0.113. The van der Waals surface area contributed by atoms with Crippen LogP contribution in [0.1, 0.15) is 29.6 Å². The SMILES string of the molecule is O=C(CSc1nnc(-c2ccc(Cl)cc2)o1)Nc1ccccc1C(=O)N1CCCCC1. The van der Waals surface area contributed by atoms with Crippen LogP contribution in [0.5, 0.6) is 0 Å². The third-order valence-corrected chi connectivity index (χ3v) is 5.97. The Balaban J connectivity index is 1.36. The van der Waals surface area contributed by atoms with Crippen molar-refractivity contribution in [2.75, 3.05) is 24.2 Å².